The zero-order valence-corrected chi connectivity index (χ0v) is 13.9. The zero-order chi connectivity index (χ0) is 15.2. The maximum atomic E-state index is 5.49. The third-order valence-corrected chi connectivity index (χ3v) is 5.09. The molecule has 1 atom stereocenters. The van der Waals surface area contributed by atoms with Gasteiger partial charge in [-0.15, -0.1) is 11.3 Å². The van der Waals surface area contributed by atoms with Crippen molar-refractivity contribution < 1.29 is 4.74 Å². The van der Waals surface area contributed by atoms with E-state index in [-0.39, 0.29) is 0 Å². The quantitative estimate of drug-likeness (QED) is 0.849. The van der Waals surface area contributed by atoms with Crippen molar-refractivity contribution in [1.82, 2.24) is 19.8 Å². The molecule has 0 radical (unpaired) electrons. The summed E-state index contributed by atoms with van der Waals surface area (Å²) in [5.41, 5.74) is 0. The van der Waals surface area contributed by atoms with Crippen LogP contribution in [0.15, 0.2) is 29.9 Å². The second kappa shape index (κ2) is 7.87. The zero-order valence-electron chi connectivity index (χ0n) is 13.1. The maximum absolute atomic E-state index is 5.49. The van der Waals surface area contributed by atoms with Crippen LogP contribution in [0.3, 0.4) is 0 Å². The highest BCUT2D eigenvalue weighted by Crippen LogP contribution is 2.25. The molecule has 2 aromatic heterocycles. The Morgan fingerprint density at radius 2 is 2.27 bits per heavy atom. The molecule has 1 saturated heterocycles. The molecule has 1 aliphatic rings. The molecular weight excluding hydrogens is 296 g/mol. The van der Waals surface area contributed by atoms with E-state index in [9.17, 15) is 0 Å². The Kier molecular flexibility index (Phi) is 5.61. The van der Waals surface area contributed by atoms with E-state index < -0.39 is 0 Å². The van der Waals surface area contributed by atoms with Gasteiger partial charge in [0.05, 0.1) is 25.8 Å². The lowest BCUT2D eigenvalue weighted by Crippen LogP contribution is -2.42. The van der Waals surface area contributed by atoms with Gasteiger partial charge in [-0.2, -0.15) is 0 Å². The summed E-state index contributed by atoms with van der Waals surface area (Å²) in [6, 6.07) is 4.80. The molecule has 0 saturated carbocycles. The Hall–Kier alpha value is -1.21. The summed E-state index contributed by atoms with van der Waals surface area (Å²) in [5.74, 6) is 1.11. The van der Waals surface area contributed by atoms with Crippen molar-refractivity contribution in [2.75, 3.05) is 32.8 Å². The van der Waals surface area contributed by atoms with Crippen LogP contribution in [0.2, 0.25) is 0 Å². The van der Waals surface area contributed by atoms with Crippen LogP contribution in [0.5, 0.6) is 0 Å². The normalized spacial score (nSPS) is 17.7. The van der Waals surface area contributed by atoms with Gasteiger partial charge in [0.1, 0.15) is 5.82 Å². The number of hydrogen-bond acceptors (Lipinski definition) is 5. The Morgan fingerprint density at radius 3 is 3.00 bits per heavy atom. The van der Waals surface area contributed by atoms with Gasteiger partial charge in [-0.1, -0.05) is 6.07 Å². The molecule has 120 valence electrons. The van der Waals surface area contributed by atoms with E-state index in [1.807, 2.05) is 23.7 Å². The Morgan fingerprint density at radius 1 is 1.41 bits per heavy atom. The van der Waals surface area contributed by atoms with Gasteiger partial charge in [0.2, 0.25) is 0 Å². The van der Waals surface area contributed by atoms with Gasteiger partial charge in [0.25, 0.3) is 0 Å². The number of ether oxygens (including phenoxy) is 1. The number of aromatic nitrogens is 2. The van der Waals surface area contributed by atoms with Gasteiger partial charge in [0, 0.05) is 43.4 Å². The fourth-order valence-electron chi connectivity index (χ4n) is 2.90. The summed E-state index contributed by atoms with van der Waals surface area (Å²) in [4.78, 5) is 8.38. The minimum atomic E-state index is 0.425. The minimum absolute atomic E-state index is 0.425. The highest BCUT2D eigenvalue weighted by Gasteiger charge is 2.23. The largest absolute Gasteiger partial charge is 0.379 e. The van der Waals surface area contributed by atoms with E-state index in [1.165, 1.54) is 4.88 Å². The Balaban J connectivity index is 1.60. The van der Waals surface area contributed by atoms with Crippen LogP contribution in [0, 0.1) is 0 Å². The third-order valence-electron chi connectivity index (χ3n) is 4.12. The maximum Gasteiger partial charge on any atom is 0.122 e. The predicted octanol–water partition coefficient (Wildman–Crippen LogP) is 2.13. The van der Waals surface area contributed by atoms with Crippen molar-refractivity contribution in [2.24, 2.45) is 0 Å². The first-order valence-electron chi connectivity index (χ1n) is 7.94. The van der Waals surface area contributed by atoms with Crippen LogP contribution in [0.1, 0.15) is 23.7 Å². The Labute approximate surface area is 135 Å². The van der Waals surface area contributed by atoms with Crippen molar-refractivity contribution in [3.05, 3.63) is 40.6 Å². The molecule has 1 N–H and O–H groups in total. The summed E-state index contributed by atoms with van der Waals surface area (Å²) in [5, 5.41) is 5.75. The highest BCUT2D eigenvalue weighted by atomic mass is 32.1. The molecule has 0 aliphatic carbocycles. The number of aryl methyl sites for hydroxylation is 1. The second-order valence-electron chi connectivity index (χ2n) is 5.44. The second-order valence-corrected chi connectivity index (χ2v) is 6.42. The molecule has 0 spiro atoms. The molecule has 2 aromatic rings. The van der Waals surface area contributed by atoms with Gasteiger partial charge in [-0.25, -0.2) is 4.98 Å². The van der Waals surface area contributed by atoms with Crippen LogP contribution in [0.4, 0.5) is 0 Å². The van der Waals surface area contributed by atoms with E-state index in [4.69, 9.17) is 4.74 Å². The fraction of sp³-hybridized carbons (Fsp3) is 0.562. The molecule has 5 nitrogen and oxygen atoms in total. The van der Waals surface area contributed by atoms with Crippen molar-refractivity contribution in [3.8, 4) is 0 Å². The lowest BCUT2D eigenvalue weighted by molar-refractivity contribution is 0.0168. The number of morpholine rings is 1. The van der Waals surface area contributed by atoms with Crippen LogP contribution in [0.25, 0.3) is 0 Å². The van der Waals surface area contributed by atoms with Gasteiger partial charge < -0.3 is 14.6 Å². The van der Waals surface area contributed by atoms with Crippen LogP contribution >= 0.6 is 11.3 Å². The summed E-state index contributed by atoms with van der Waals surface area (Å²) in [7, 11) is 0. The molecule has 3 rings (SSSR count). The summed E-state index contributed by atoms with van der Waals surface area (Å²) < 4.78 is 7.67. The van der Waals surface area contributed by atoms with Crippen molar-refractivity contribution in [2.45, 2.75) is 26.1 Å². The third kappa shape index (κ3) is 3.76. The molecule has 0 bridgehead atoms. The predicted molar refractivity (Wildman–Crippen MR) is 89.1 cm³/mol. The van der Waals surface area contributed by atoms with E-state index in [0.29, 0.717) is 6.04 Å². The van der Waals surface area contributed by atoms with Crippen molar-refractivity contribution in [1.29, 1.82) is 0 Å². The van der Waals surface area contributed by atoms with E-state index in [0.717, 1.165) is 51.8 Å². The molecule has 0 amide bonds. The first kappa shape index (κ1) is 15.7. The van der Waals surface area contributed by atoms with Gasteiger partial charge in [-0.3, -0.25) is 4.90 Å². The molecule has 1 fully saturated rings. The average molecular weight is 320 g/mol. The number of nitrogens with one attached hydrogen (secondary N) is 1. The van der Waals surface area contributed by atoms with Crippen molar-refractivity contribution in [3.63, 3.8) is 0 Å². The SMILES string of the molecule is CCn1ccnc1CNC[C@@H](c1cccs1)N1CCOCC1. The smallest absolute Gasteiger partial charge is 0.122 e. The molecule has 3 heterocycles. The molecule has 0 aromatic carbocycles. The molecular formula is C16H24N4OS. The summed E-state index contributed by atoms with van der Waals surface area (Å²) in [6.07, 6.45) is 3.91. The first-order valence-corrected chi connectivity index (χ1v) is 8.82. The van der Waals surface area contributed by atoms with Gasteiger partial charge >= 0.3 is 0 Å². The van der Waals surface area contributed by atoms with Crippen LogP contribution < -0.4 is 5.32 Å². The number of hydrogen-bond donors (Lipinski definition) is 1. The average Bonchev–Trinajstić information content (AvgIpc) is 3.23. The van der Waals surface area contributed by atoms with Crippen molar-refractivity contribution >= 4 is 11.3 Å². The first-order chi connectivity index (χ1) is 10.9. The monoisotopic (exact) mass is 320 g/mol. The van der Waals surface area contributed by atoms with Crippen LogP contribution in [-0.4, -0.2) is 47.3 Å². The minimum Gasteiger partial charge on any atom is -0.379 e. The number of rotatable bonds is 7. The number of nitrogens with zero attached hydrogens (tertiary/aromatic N) is 3. The number of thiophene rings is 1. The lowest BCUT2D eigenvalue weighted by Gasteiger charge is -2.34. The number of imidazole rings is 1. The van der Waals surface area contributed by atoms with E-state index in [2.05, 4.69) is 44.2 Å². The fourth-order valence-corrected chi connectivity index (χ4v) is 3.76. The van der Waals surface area contributed by atoms with E-state index in [1.54, 1.807) is 0 Å². The lowest BCUT2D eigenvalue weighted by atomic mass is 10.2. The summed E-state index contributed by atoms with van der Waals surface area (Å²) >= 11 is 1.84. The standard InChI is InChI=1S/C16H24N4OS/c1-2-19-6-5-18-16(19)13-17-12-14(15-4-3-11-22-15)20-7-9-21-10-8-20/h3-6,11,14,17H,2,7-10,12-13H2,1H3/t14-/m0/s1. The van der Waals surface area contributed by atoms with Gasteiger partial charge in [0.15, 0.2) is 0 Å². The molecule has 1 aliphatic heterocycles. The summed E-state index contributed by atoms with van der Waals surface area (Å²) in [6.45, 7) is 8.55. The topological polar surface area (TPSA) is 42.3 Å². The van der Waals surface area contributed by atoms with Crippen LogP contribution in [-0.2, 0) is 17.8 Å². The van der Waals surface area contributed by atoms with Gasteiger partial charge in [-0.05, 0) is 18.4 Å². The highest BCUT2D eigenvalue weighted by molar-refractivity contribution is 7.10. The Bertz CT molecular complexity index is 548. The van der Waals surface area contributed by atoms with E-state index >= 15 is 0 Å². The molecule has 6 heteroatoms. The molecule has 0 unspecified atom stereocenters. The molecule has 22 heavy (non-hydrogen) atoms.